The summed E-state index contributed by atoms with van der Waals surface area (Å²) in [7, 11) is 0. The maximum Gasteiger partial charge on any atom is 0.335 e. The van der Waals surface area contributed by atoms with Gasteiger partial charge in [0.1, 0.15) is 25.2 Å². The number of ether oxygens (including phenoxy) is 27. The monoisotopic (exact) mass is 1970 g/mol. The van der Waals surface area contributed by atoms with Gasteiger partial charge in [-0.25, -0.2) is 4.79 Å². The highest BCUT2D eigenvalue weighted by atomic mass is 16.7. The van der Waals surface area contributed by atoms with Crippen LogP contribution in [-0.4, -0.2) is 370 Å². The molecule has 3 amide bonds. The second kappa shape index (κ2) is 95.1. The van der Waals surface area contributed by atoms with E-state index in [-0.39, 0.29) is 70.1 Å². The van der Waals surface area contributed by atoms with E-state index in [4.69, 9.17) is 133 Å². The lowest BCUT2D eigenvalue weighted by Gasteiger charge is -2.31. The third-order valence-corrected chi connectivity index (χ3v) is 20.7. The minimum absolute atomic E-state index is 0.0479. The van der Waals surface area contributed by atoms with E-state index in [1.165, 1.54) is 0 Å². The lowest BCUT2D eigenvalue weighted by molar-refractivity contribution is -0.198. The van der Waals surface area contributed by atoms with Gasteiger partial charge in [-0.15, -0.1) is 5.06 Å². The van der Waals surface area contributed by atoms with Gasteiger partial charge < -0.3 is 138 Å². The smallest absolute Gasteiger partial charge is 0.335 e. The molecule has 3 aromatic carbocycles. The quantitative estimate of drug-likeness (QED) is 0.0180. The van der Waals surface area contributed by atoms with E-state index in [0.29, 0.717) is 354 Å². The molecule has 1 heterocycles. The van der Waals surface area contributed by atoms with E-state index in [1.807, 2.05) is 91.0 Å². The Morgan fingerprint density at radius 3 is 0.674 bits per heavy atom. The number of carbonyl (C=O) groups is 7. The first-order chi connectivity index (χ1) is 68.2. The Kier molecular flexibility index (Phi) is 85.1. The first kappa shape index (κ1) is 123. The molecule has 1 aliphatic heterocycles. The average molecular weight is 1970 g/mol. The summed E-state index contributed by atoms with van der Waals surface area (Å²) in [6.45, 7) is 21.2. The zero-order chi connectivity index (χ0) is 98.0. The molecule has 790 valence electrons. The molecule has 0 saturated carbocycles. The molecule has 0 radical (unpaired) electrons. The van der Waals surface area contributed by atoms with Crippen molar-refractivity contribution in [2.24, 2.45) is 5.41 Å². The van der Waals surface area contributed by atoms with E-state index in [9.17, 15) is 33.6 Å². The highest BCUT2D eigenvalue weighted by molar-refractivity contribution is 6.03. The number of nitrogens with one attached hydrogen (secondary N) is 1. The van der Waals surface area contributed by atoms with Crippen molar-refractivity contribution in [3.8, 4) is 0 Å². The van der Waals surface area contributed by atoms with Crippen LogP contribution in [0, 0.1) is 5.41 Å². The highest BCUT2D eigenvalue weighted by Crippen LogP contribution is 2.35. The second-order valence-electron chi connectivity index (χ2n) is 31.8. The number of hydrogen-bond donors (Lipinski definition) is 1. The third-order valence-electron chi connectivity index (χ3n) is 20.7. The minimum atomic E-state index is -1.36. The molecule has 1 fully saturated rings. The Morgan fingerprint density at radius 2 is 0.435 bits per heavy atom. The largest absolute Gasteiger partial charge is 0.461 e. The summed E-state index contributed by atoms with van der Waals surface area (Å²) in [6.07, 6.45) is 16.4. The molecule has 0 unspecified atom stereocenters. The number of imide groups is 1. The predicted octanol–water partition coefficient (Wildman–Crippen LogP) is 10.5. The number of carbonyl (C=O) groups excluding carboxylic acids is 7. The zero-order valence-electron chi connectivity index (χ0n) is 82.4. The zero-order valence-corrected chi connectivity index (χ0v) is 82.4. The van der Waals surface area contributed by atoms with Crippen molar-refractivity contribution >= 4 is 41.6 Å². The van der Waals surface area contributed by atoms with Crippen molar-refractivity contribution < 1.29 is 166 Å². The number of rotatable bonds is 106. The molecule has 138 heavy (non-hydrogen) atoms. The van der Waals surface area contributed by atoms with Crippen LogP contribution >= 0.6 is 0 Å². The number of amides is 3. The van der Waals surface area contributed by atoms with Gasteiger partial charge >= 0.3 is 23.9 Å². The topological polar surface area (TPSA) is 393 Å². The normalized spacial score (nSPS) is 12.2. The fourth-order valence-electron chi connectivity index (χ4n) is 13.2. The first-order valence-electron chi connectivity index (χ1n) is 50.0. The van der Waals surface area contributed by atoms with Crippen LogP contribution in [0.25, 0.3) is 0 Å². The van der Waals surface area contributed by atoms with Gasteiger partial charge in [-0.2, -0.15) is 0 Å². The fraction of sp³-hybridized carbons (Fsp3) is 0.752. The number of hydroxylamine groups is 2. The molecule has 4 rings (SSSR count). The lowest BCUT2D eigenvalue weighted by atomic mass is 9.76. The minimum Gasteiger partial charge on any atom is -0.461 e. The molecule has 1 N–H and O–H groups in total. The molecule has 0 bridgehead atoms. The maximum atomic E-state index is 14.5. The van der Waals surface area contributed by atoms with Crippen molar-refractivity contribution in [3.05, 3.63) is 108 Å². The highest BCUT2D eigenvalue weighted by Gasteiger charge is 2.46. The summed E-state index contributed by atoms with van der Waals surface area (Å²) in [4.78, 5) is 93.0. The van der Waals surface area contributed by atoms with Gasteiger partial charge in [-0.1, -0.05) is 181 Å². The van der Waals surface area contributed by atoms with Crippen LogP contribution in [0.5, 0.6) is 0 Å². The predicted molar refractivity (Wildman–Crippen MR) is 508 cm³/mol. The van der Waals surface area contributed by atoms with Crippen LogP contribution in [0.15, 0.2) is 91.0 Å². The molecule has 37 heteroatoms. The molecule has 1 aliphatic rings. The standard InChI is InChI=1S/C101H166N2O35/c104-94-34-35-95(105)103(94)138-98(108)36-40-111-42-44-113-46-48-115-50-52-117-54-56-119-58-60-121-62-64-123-66-68-125-70-72-127-74-76-129-78-80-131-82-84-133-86-87-134-85-83-132-81-79-130-77-75-128-73-71-126-69-67-124-65-63-122-61-59-120-57-55-118-53-51-116-49-47-114-45-43-112-41-39-102-99(109)101(100(110)137-90-93-30-20-15-21-31-93,37-24-11-7-3-1-5-9-22-32-96(106)135-88-91-26-16-13-17-27-91)38-25-12-8-4-2-6-10-23-33-97(107)136-89-92-28-18-14-19-29-92/h13-21,26-31H,1-12,22-25,32-90H2,(H,102,109). The molecule has 0 atom stereocenters. The molecule has 0 spiro atoms. The van der Waals surface area contributed by atoms with E-state index in [2.05, 4.69) is 5.32 Å². The molecular formula is C101H166N2O35. The van der Waals surface area contributed by atoms with E-state index < -0.39 is 29.2 Å². The summed E-state index contributed by atoms with van der Waals surface area (Å²) in [5.41, 5.74) is 1.45. The van der Waals surface area contributed by atoms with Crippen molar-refractivity contribution in [2.75, 3.05) is 324 Å². The summed E-state index contributed by atoms with van der Waals surface area (Å²) in [6, 6.07) is 28.9. The van der Waals surface area contributed by atoms with Crippen LogP contribution in [0.4, 0.5) is 0 Å². The molecule has 1 saturated heterocycles. The van der Waals surface area contributed by atoms with Crippen molar-refractivity contribution in [1.82, 2.24) is 10.4 Å². The van der Waals surface area contributed by atoms with Crippen molar-refractivity contribution in [2.45, 2.75) is 167 Å². The Bertz CT molecular complexity index is 3180. The van der Waals surface area contributed by atoms with Crippen LogP contribution < -0.4 is 5.32 Å². The Hall–Kier alpha value is -6.81. The number of esters is 3. The SMILES string of the molecule is O=C(CCCCCCCCCCC(CCCCCCCCCCC(=O)OCc1ccccc1)(C(=O)NCCOCCOCCOCCOCCOCCOCCOCCOCCOCCOCCOCCOCCOCCOCCOCCOCCOCCOCCOCCOCCOCCOCCOCCOCCC(=O)ON1C(=O)CCC1=O)C(=O)OCc1ccccc1)OCc1ccccc1. The van der Waals surface area contributed by atoms with Crippen LogP contribution in [-0.2, 0) is 186 Å². The number of unbranched alkanes of at least 4 members (excludes halogenated alkanes) is 14. The molecule has 37 nitrogen and oxygen atoms in total. The summed E-state index contributed by atoms with van der Waals surface area (Å²) in [5.74, 6) is -2.91. The fourth-order valence-corrected chi connectivity index (χ4v) is 13.2. The first-order valence-corrected chi connectivity index (χ1v) is 50.0. The Morgan fingerprint density at radius 1 is 0.232 bits per heavy atom. The van der Waals surface area contributed by atoms with E-state index in [0.717, 1.165) is 107 Å². The Labute approximate surface area is 818 Å². The number of benzene rings is 3. The third kappa shape index (κ3) is 75.9. The van der Waals surface area contributed by atoms with Gasteiger partial charge in [0.25, 0.3) is 11.8 Å². The summed E-state index contributed by atoms with van der Waals surface area (Å²) < 4.78 is 150. The second-order valence-corrected chi connectivity index (χ2v) is 31.8. The molecule has 0 aliphatic carbocycles. The number of nitrogens with zero attached hydrogens (tertiary/aromatic N) is 1. The van der Waals surface area contributed by atoms with Gasteiger partial charge in [0.15, 0.2) is 0 Å². The lowest BCUT2D eigenvalue weighted by Crippen LogP contribution is -2.48. The van der Waals surface area contributed by atoms with Gasteiger partial charge in [0.05, 0.1) is 324 Å². The molecule has 3 aromatic rings. The molecular weight excluding hydrogens is 1800 g/mol. The van der Waals surface area contributed by atoms with Crippen LogP contribution in [0.3, 0.4) is 0 Å². The van der Waals surface area contributed by atoms with Gasteiger partial charge in [0.2, 0.25) is 5.91 Å². The van der Waals surface area contributed by atoms with Gasteiger partial charge in [-0.05, 0) is 42.4 Å². The maximum absolute atomic E-state index is 14.5. The Balaban J connectivity index is 0.816. The van der Waals surface area contributed by atoms with Gasteiger partial charge in [-0.3, -0.25) is 28.8 Å². The van der Waals surface area contributed by atoms with Gasteiger partial charge in [0, 0.05) is 32.2 Å². The number of hydrogen-bond acceptors (Lipinski definition) is 35. The van der Waals surface area contributed by atoms with Crippen LogP contribution in [0.1, 0.15) is 164 Å². The summed E-state index contributed by atoms with van der Waals surface area (Å²) in [5, 5.41) is 3.58. The average Bonchev–Trinajstić information content (AvgIpc) is 0.884. The molecule has 0 aromatic heterocycles. The van der Waals surface area contributed by atoms with Crippen LogP contribution in [0.2, 0.25) is 0 Å². The van der Waals surface area contributed by atoms with Crippen molar-refractivity contribution in [1.29, 1.82) is 0 Å². The van der Waals surface area contributed by atoms with E-state index in [1.54, 1.807) is 0 Å². The van der Waals surface area contributed by atoms with Crippen molar-refractivity contribution in [3.63, 3.8) is 0 Å². The van der Waals surface area contributed by atoms with E-state index >= 15 is 0 Å². The summed E-state index contributed by atoms with van der Waals surface area (Å²) >= 11 is 0.